The van der Waals surface area contributed by atoms with E-state index >= 15 is 0 Å². The first kappa shape index (κ1) is 16.5. The Hall–Kier alpha value is -2.99. The molecule has 4 rings (SSSR count). The van der Waals surface area contributed by atoms with Crippen molar-refractivity contribution >= 4 is 22.6 Å². The van der Waals surface area contributed by atoms with E-state index < -0.39 is 0 Å². The molecule has 132 valence electrons. The smallest absolute Gasteiger partial charge is 0.254 e. The number of aromatic nitrogens is 2. The Kier molecular flexibility index (Phi) is 4.05. The molecule has 0 saturated heterocycles. The highest BCUT2D eigenvalue weighted by Crippen LogP contribution is 2.27. The molecule has 2 aromatic carbocycles. The molecule has 2 N–H and O–H groups in total. The Morgan fingerprint density at radius 1 is 1.19 bits per heavy atom. The van der Waals surface area contributed by atoms with E-state index in [0.717, 1.165) is 27.8 Å². The van der Waals surface area contributed by atoms with Gasteiger partial charge >= 0.3 is 0 Å². The normalized spacial score (nSPS) is 16.4. The largest absolute Gasteiger partial charge is 0.362 e. The quantitative estimate of drug-likeness (QED) is 0.770. The number of carbonyl (C=O) groups excluding carboxylic acids is 1. The lowest BCUT2D eigenvalue weighted by Gasteiger charge is -2.33. The zero-order valence-electron chi connectivity index (χ0n) is 14.9. The molecular weight excluding hydrogens is 326 g/mol. The molecular formula is C20H21N5O. The molecule has 1 unspecified atom stereocenters. The number of nitrogens with two attached hydrogens (primary N) is 1. The number of amides is 1. The summed E-state index contributed by atoms with van der Waals surface area (Å²) in [7, 11) is 3.88. The van der Waals surface area contributed by atoms with Gasteiger partial charge in [-0.3, -0.25) is 4.79 Å². The Morgan fingerprint density at radius 2 is 2.00 bits per heavy atom. The summed E-state index contributed by atoms with van der Waals surface area (Å²) in [5.74, 6) is 0.810. The van der Waals surface area contributed by atoms with Gasteiger partial charge in [0.25, 0.3) is 5.91 Å². The molecule has 6 heteroatoms. The molecule has 1 aliphatic rings. The number of anilines is 1. The first-order valence-corrected chi connectivity index (χ1v) is 8.59. The minimum absolute atomic E-state index is 0.0260. The first-order chi connectivity index (χ1) is 12.5. The highest BCUT2D eigenvalue weighted by Gasteiger charge is 2.26. The van der Waals surface area contributed by atoms with E-state index in [1.165, 1.54) is 6.33 Å². The fourth-order valence-corrected chi connectivity index (χ4v) is 3.52. The molecule has 1 aliphatic heterocycles. The number of benzene rings is 2. The van der Waals surface area contributed by atoms with Crippen LogP contribution in [0.4, 0.5) is 5.82 Å². The van der Waals surface area contributed by atoms with E-state index in [-0.39, 0.29) is 11.9 Å². The van der Waals surface area contributed by atoms with Crippen LogP contribution in [0.1, 0.15) is 27.5 Å². The summed E-state index contributed by atoms with van der Waals surface area (Å²) < 4.78 is 0. The Morgan fingerprint density at radius 3 is 2.81 bits per heavy atom. The van der Waals surface area contributed by atoms with E-state index in [2.05, 4.69) is 9.97 Å². The topological polar surface area (TPSA) is 75.4 Å². The summed E-state index contributed by atoms with van der Waals surface area (Å²) in [6, 6.07) is 13.5. The van der Waals surface area contributed by atoms with Gasteiger partial charge in [-0.05, 0) is 29.3 Å². The lowest BCUT2D eigenvalue weighted by Crippen LogP contribution is -2.40. The van der Waals surface area contributed by atoms with E-state index in [1.807, 2.05) is 66.4 Å². The van der Waals surface area contributed by atoms with Crippen LogP contribution >= 0.6 is 0 Å². The van der Waals surface area contributed by atoms with E-state index in [4.69, 9.17) is 5.73 Å². The van der Waals surface area contributed by atoms with Gasteiger partial charge in [0.05, 0.1) is 5.52 Å². The van der Waals surface area contributed by atoms with Gasteiger partial charge in [-0.2, -0.15) is 0 Å². The van der Waals surface area contributed by atoms with Gasteiger partial charge in [0.1, 0.15) is 12.1 Å². The Balaban J connectivity index is 1.67. The zero-order chi connectivity index (χ0) is 18.3. The number of rotatable bonds is 2. The number of nitrogens with zero attached hydrogens (tertiary/aromatic N) is 4. The first-order valence-electron chi connectivity index (χ1n) is 8.59. The van der Waals surface area contributed by atoms with Crippen LogP contribution in [0.25, 0.3) is 10.9 Å². The third-order valence-corrected chi connectivity index (χ3v) is 4.81. The molecule has 0 bridgehead atoms. The van der Waals surface area contributed by atoms with Gasteiger partial charge in [-0.25, -0.2) is 9.97 Å². The van der Waals surface area contributed by atoms with Crippen molar-refractivity contribution in [1.82, 2.24) is 14.9 Å². The number of hydrogen-bond donors (Lipinski definition) is 1. The van der Waals surface area contributed by atoms with Crippen LogP contribution in [0.3, 0.4) is 0 Å². The van der Waals surface area contributed by atoms with Crippen LogP contribution in [0, 0.1) is 0 Å². The maximum absolute atomic E-state index is 13.0. The fraction of sp³-hybridized carbons (Fsp3) is 0.250. The second-order valence-electron chi connectivity index (χ2n) is 6.81. The molecule has 6 nitrogen and oxygen atoms in total. The molecule has 0 aliphatic carbocycles. The Bertz CT molecular complexity index is 985. The number of fused-ring (bicyclic) bond motifs is 2. The predicted molar refractivity (Wildman–Crippen MR) is 102 cm³/mol. The highest BCUT2D eigenvalue weighted by molar-refractivity contribution is 5.99. The molecule has 1 atom stereocenters. The predicted octanol–water partition coefficient (Wildman–Crippen LogP) is 2.35. The van der Waals surface area contributed by atoms with Crippen molar-refractivity contribution in [3.63, 3.8) is 0 Å². The average Bonchev–Trinajstić information content (AvgIpc) is 2.66. The lowest BCUT2D eigenvalue weighted by atomic mass is 9.95. The third kappa shape index (κ3) is 2.78. The van der Waals surface area contributed by atoms with Crippen molar-refractivity contribution in [3.05, 3.63) is 65.5 Å². The van der Waals surface area contributed by atoms with Gasteiger partial charge in [-0.1, -0.05) is 24.3 Å². The molecule has 3 aromatic rings. The van der Waals surface area contributed by atoms with E-state index in [1.54, 1.807) is 0 Å². The van der Waals surface area contributed by atoms with Crippen molar-refractivity contribution in [3.8, 4) is 0 Å². The molecule has 2 heterocycles. The van der Waals surface area contributed by atoms with Gasteiger partial charge in [0.15, 0.2) is 0 Å². The van der Waals surface area contributed by atoms with Crippen molar-refractivity contribution in [2.75, 3.05) is 25.5 Å². The summed E-state index contributed by atoms with van der Waals surface area (Å²) in [5.41, 5.74) is 9.89. The summed E-state index contributed by atoms with van der Waals surface area (Å²) in [6.07, 6.45) is 1.53. The summed E-state index contributed by atoms with van der Waals surface area (Å²) in [5, 5.41) is 0.926. The van der Waals surface area contributed by atoms with Crippen LogP contribution in [-0.2, 0) is 6.54 Å². The second-order valence-corrected chi connectivity index (χ2v) is 6.81. The summed E-state index contributed by atoms with van der Waals surface area (Å²) in [6.45, 7) is 1.09. The monoisotopic (exact) mass is 347 g/mol. The number of carbonyl (C=O) groups is 1. The maximum atomic E-state index is 13.0. The van der Waals surface area contributed by atoms with Crippen LogP contribution < -0.4 is 10.6 Å². The van der Waals surface area contributed by atoms with Gasteiger partial charge in [0.2, 0.25) is 0 Å². The van der Waals surface area contributed by atoms with E-state index in [9.17, 15) is 4.79 Å². The van der Waals surface area contributed by atoms with Crippen molar-refractivity contribution < 1.29 is 4.79 Å². The van der Waals surface area contributed by atoms with E-state index in [0.29, 0.717) is 18.7 Å². The highest BCUT2D eigenvalue weighted by atomic mass is 16.2. The van der Waals surface area contributed by atoms with Gasteiger partial charge in [0, 0.05) is 44.2 Å². The maximum Gasteiger partial charge on any atom is 0.254 e. The minimum atomic E-state index is -0.160. The van der Waals surface area contributed by atoms with Crippen LogP contribution in [0.5, 0.6) is 0 Å². The molecule has 0 spiro atoms. The Labute approximate surface area is 152 Å². The van der Waals surface area contributed by atoms with Crippen molar-refractivity contribution in [1.29, 1.82) is 0 Å². The molecule has 1 aromatic heterocycles. The molecule has 0 saturated carbocycles. The number of hydrogen-bond acceptors (Lipinski definition) is 5. The second kappa shape index (κ2) is 6.38. The molecule has 0 radical (unpaired) electrons. The van der Waals surface area contributed by atoms with Crippen molar-refractivity contribution in [2.24, 2.45) is 5.73 Å². The lowest BCUT2D eigenvalue weighted by molar-refractivity contribution is 0.0718. The molecule has 0 fully saturated rings. The SMILES string of the molecule is CN(C)c1ncnc2cc(C(=O)N3Cc4ccccc4C(N)C3)ccc12. The summed E-state index contributed by atoms with van der Waals surface area (Å²) in [4.78, 5) is 25.4. The van der Waals surface area contributed by atoms with Crippen LogP contribution in [0.2, 0.25) is 0 Å². The molecule has 26 heavy (non-hydrogen) atoms. The summed E-state index contributed by atoms with van der Waals surface area (Å²) >= 11 is 0. The third-order valence-electron chi connectivity index (χ3n) is 4.81. The van der Waals surface area contributed by atoms with Crippen molar-refractivity contribution in [2.45, 2.75) is 12.6 Å². The van der Waals surface area contributed by atoms with Crippen LogP contribution in [0.15, 0.2) is 48.8 Å². The van der Waals surface area contributed by atoms with Gasteiger partial charge < -0.3 is 15.5 Å². The molecule has 1 amide bonds. The average molecular weight is 347 g/mol. The zero-order valence-corrected chi connectivity index (χ0v) is 14.9. The van der Waals surface area contributed by atoms with Crippen LogP contribution in [-0.4, -0.2) is 41.4 Å². The van der Waals surface area contributed by atoms with Gasteiger partial charge in [-0.15, -0.1) is 0 Å². The fourth-order valence-electron chi connectivity index (χ4n) is 3.52. The standard InChI is InChI=1S/C20H21N5O/c1-24(2)19-16-8-7-13(9-18(16)22-12-23-19)20(26)25-10-14-5-3-4-6-15(14)17(21)11-25/h3-9,12,17H,10-11,21H2,1-2H3. The minimum Gasteiger partial charge on any atom is -0.362 e.